The van der Waals surface area contributed by atoms with Crippen LogP contribution in [0.15, 0.2) is 23.0 Å². The molecule has 0 bridgehead atoms. The number of non-ortho nitro benzene ring substituents is 1. The highest BCUT2D eigenvalue weighted by molar-refractivity contribution is 6.04. The lowest BCUT2D eigenvalue weighted by Crippen LogP contribution is -2.40. The van der Waals surface area contributed by atoms with Gasteiger partial charge in [-0.3, -0.25) is 29.5 Å². The van der Waals surface area contributed by atoms with E-state index in [1.165, 1.54) is 18.2 Å². The Bertz CT molecular complexity index is 1160. The number of carbonyl (C=O) groups is 2. The molecule has 4 rings (SSSR count). The minimum absolute atomic E-state index is 0.0779. The number of amides is 2. The van der Waals surface area contributed by atoms with Crippen molar-refractivity contribution in [2.45, 2.75) is 39.0 Å². The number of hydrogen-bond acceptors (Lipinski definition) is 7. The molecule has 0 spiro atoms. The molecule has 2 aromatic rings. The second-order valence-corrected chi connectivity index (χ2v) is 8.40. The first-order valence-corrected chi connectivity index (χ1v) is 10.5. The lowest BCUT2D eigenvalue weighted by molar-refractivity contribution is -0.384. The van der Waals surface area contributed by atoms with Gasteiger partial charge in [0.15, 0.2) is 0 Å². The van der Waals surface area contributed by atoms with Crippen molar-refractivity contribution in [3.05, 3.63) is 49.8 Å². The zero-order valence-corrected chi connectivity index (χ0v) is 17.8. The van der Waals surface area contributed by atoms with Crippen molar-refractivity contribution >= 4 is 35.0 Å². The molecule has 32 heavy (non-hydrogen) atoms. The monoisotopic (exact) mass is 440 g/mol. The summed E-state index contributed by atoms with van der Waals surface area (Å²) in [6.45, 7) is 5.31. The van der Waals surface area contributed by atoms with Crippen LogP contribution >= 0.6 is 0 Å². The van der Waals surface area contributed by atoms with Crippen LogP contribution in [0.3, 0.4) is 0 Å². The molecule has 1 fully saturated rings. The molecular weight excluding hydrogens is 416 g/mol. The molecule has 0 unspecified atom stereocenters. The minimum Gasteiger partial charge on any atom is -0.342 e. The summed E-state index contributed by atoms with van der Waals surface area (Å²) >= 11 is 0. The van der Waals surface area contributed by atoms with E-state index in [0.29, 0.717) is 17.4 Å². The number of aryl methyl sites for hydroxylation is 1. The number of nitrogens with zero attached hydrogens (tertiary/aromatic N) is 3. The van der Waals surface area contributed by atoms with Gasteiger partial charge < -0.3 is 15.5 Å². The van der Waals surface area contributed by atoms with Crippen molar-refractivity contribution in [2.75, 3.05) is 28.6 Å². The number of rotatable bonds is 4. The van der Waals surface area contributed by atoms with Gasteiger partial charge in [0.2, 0.25) is 17.8 Å². The van der Waals surface area contributed by atoms with Crippen molar-refractivity contribution in [2.24, 2.45) is 5.92 Å². The summed E-state index contributed by atoms with van der Waals surface area (Å²) in [7, 11) is 0. The average molecular weight is 440 g/mol. The lowest BCUT2D eigenvalue weighted by atomic mass is 9.92. The van der Waals surface area contributed by atoms with Crippen LogP contribution in [-0.4, -0.2) is 39.8 Å². The topological polar surface area (TPSA) is 150 Å². The van der Waals surface area contributed by atoms with E-state index in [2.05, 4.69) is 27.5 Å². The second-order valence-electron chi connectivity index (χ2n) is 8.40. The Kier molecular flexibility index (Phi) is 5.64. The van der Waals surface area contributed by atoms with Crippen LogP contribution in [0.4, 0.5) is 23.1 Å². The average Bonchev–Trinajstić information content (AvgIpc) is 2.74. The molecule has 2 atom stereocenters. The number of nitro benzene ring substituents is 1. The highest BCUT2D eigenvalue weighted by atomic mass is 16.6. The van der Waals surface area contributed by atoms with Crippen molar-refractivity contribution in [1.82, 2.24) is 9.97 Å². The number of hydrogen-bond donors (Lipinski definition) is 3. The molecule has 3 heterocycles. The van der Waals surface area contributed by atoms with Gasteiger partial charge in [-0.25, -0.2) is 0 Å². The number of nitrogens with one attached hydrogen (secondary N) is 3. The van der Waals surface area contributed by atoms with Gasteiger partial charge in [0.25, 0.3) is 11.2 Å². The second kappa shape index (κ2) is 8.40. The van der Waals surface area contributed by atoms with Gasteiger partial charge in [0.1, 0.15) is 5.82 Å². The molecule has 1 saturated heterocycles. The maximum Gasteiger partial charge on any atom is 0.271 e. The number of fused-ring (bicyclic) bond motifs is 1. The summed E-state index contributed by atoms with van der Waals surface area (Å²) in [5, 5.41) is 16.3. The van der Waals surface area contributed by atoms with Crippen LogP contribution < -0.4 is 21.1 Å². The fourth-order valence-electron chi connectivity index (χ4n) is 4.19. The van der Waals surface area contributed by atoms with E-state index in [-0.39, 0.29) is 29.2 Å². The summed E-state index contributed by atoms with van der Waals surface area (Å²) in [5.41, 5.74) is 0.289. The molecule has 11 heteroatoms. The summed E-state index contributed by atoms with van der Waals surface area (Å²) < 4.78 is 0. The number of anilines is 3. The van der Waals surface area contributed by atoms with Gasteiger partial charge in [-0.05, 0) is 31.2 Å². The van der Waals surface area contributed by atoms with Crippen molar-refractivity contribution < 1.29 is 14.5 Å². The van der Waals surface area contributed by atoms with E-state index >= 15 is 0 Å². The first-order chi connectivity index (χ1) is 15.2. The number of piperidine rings is 1. The van der Waals surface area contributed by atoms with Gasteiger partial charge in [-0.2, -0.15) is 4.98 Å². The van der Waals surface area contributed by atoms with E-state index in [0.717, 1.165) is 25.9 Å². The van der Waals surface area contributed by atoms with Crippen LogP contribution in [0.1, 0.15) is 43.2 Å². The van der Waals surface area contributed by atoms with E-state index in [1.807, 2.05) is 4.90 Å². The first-order valence-electron chi connectivity index (χ1n) is 10.5. The number of H-pyrrole nitrogens is 1. The van der Waals surface area contributed by atoms with E-state index < -0.39 is 28.2 Å². The third-order valence-corrected chi connectivity index (χ3v) is 5.90. The lowest BCUT2D eigenvalue weighted by Gasteiger charge is -2.32. The number of benzene rings is 1. The van der Waals surface area contributed by atoms with Crippen molar-refractivity contribution in [3.63, 3.8) is 0 Å². The van der Waals surface area contributed by atoms with E-state index in [4.69, 9.17) is 0 Å². The fraction of sp³-hybridized carbons (Fsp3) is 0.429. The zero-order valence-electron chi connectivity index (χ0n) is 17.8. The molecule has 2 aliphatic rings. The quantitative estimate of drug-likeness (QED) is 0.487. The van der Waals surface area contributed by atoms with Gasteiger partial charge in [-0.1, -0.05) is 13.0 Å². The number of nitro groups is 1. The number of aromatic amines is 1. The van der Waals surface area contributed by atoms with Crippen LogP contribution in [0.25, 0.3) is 0 Å². The first kappa shape index (κ1) is 21.5. The van der Waals surface area contributed by atoms with Crippen LogP contribution in [-0.2, 0) is 9.59 Å². The minimum atomic E-state index is -1.07. The normalized spacial score (nSPS) is 20.3. The van der Waals surface area contributed by atoms with Crippen molar-refractivity contribution in [1.29, 1.82) is 0 Å². The molecule has 3 N–H and O–H groups in total. The highest BCUT2D eigenvalue weighted by Gasteiger charge is 2.35. The van der Waals surface area contributed by atoms with Crippen LogP contribution in [0.5, 0.6) is 0 Å². The van der Waals surface area contributed by atoms with Gasteiger partial charge >= 0.3 is 0 Å². The SMILES string of the molecule is Cc1ccc([N+](=O)[O-])cc1NC(=O)[C@@H]1CC(=O)Nc2nc(N3CCC[C@@H](C)C3)[nH]c(=O)c21. The fourth-order valence-corrected chi connectivity index (χ4v) is 4.19. The maximum atomic E-state index is 13.0. The smallest absolute Gasteiger partial charge is 0.271 e. The third-order valence-electron chi connectivity index (χ3n) is 5.90. The van der Waals surface area contributed by atoms with Gasteiger partial charge in [0, 0.05) is 31.6 Å². The molecule has 0 saturated carbocycles. The Labute approximate surface area is 183 Å². The van der Waals surface area contributed by atoms with E-state index in [9.17, 15) is 24.5 Å². The van der Waals surface area contributed by atoms with E-state index in [1.54, 1.807) is 6.92 Å². The summed E-state index contributed by atoms with van der Waals surface area (Å²) in [6, 6.07) is 4.11. The summed E-state index contributed by atoms with van der Waals surface area (Å²) in [6.07, 6.45) is 1.85. The predicted molar refractivity (Wildman–Crippen MR) is 118 cm³/mol. The van der Waals surface area contributed by atoms with Crippen LogP contribution in [0, 0.1) is 23.0 Å². The highest BCUT2D eigenvalue weighted by Crippen LogP contribution is 2.32. The Balaban J connectivity index is 1.65. The molecule has 11 nitrogen and oxygen atoms in total. The molecular formula is C21H24N6O5. The maximum absolute atomic E-state index is 13.0. The molecule has 168 valence electrons. The Morgan fingerprint density at radius 3 is 2.84 bits per heavy atom. The molecule has 2 aliphatic heterocycles. The van der Waals surface area contributed by atoms with Gasteiger partial charge in [0.05, 0.1) is 22.1 Å². The number of aromatic nitrogens is 2. The Morgan fingerprint density at radius 1 is 1.34 bits per heavy atom. The summed E-state index contributed by atoms with van der Waals surface area (Å²) in [4.78, 5) is 58.0. The predicted octanol–water partition coefficient (Wildman–Crippen LogP) is 2.29. The zero-order chi connectivity index (χ0) is 23.0. The van der Waals surface area contributed by atoms with Crippen LogP contribution in [0.2, 0.25) is 0 Å². The summed E-state index contributed by atoms with van der Waals surface area (Å²) in [5.74, 6) is -1.19. The largest absolute Gasteiger partial charge is 0.342 e. The Morgan fingerprint density at radius 2 is 2.12 bits per heavy atom. The molecule has 0 aliphatic carbocycles. The molecule has 2 amide bonds. The standard InChI is InChI=1S/C21H24N6O5/c1-11-4-3-7-26(10-11)21-24-18-17(20(30)25-21)14(9-16(28)23-18)19(29)22-15-8-13(27(31)32)6-5-12(15)2/h5-6,8,11,14H,3-4,7,9-10H2,1-2H3,(H,22,29)(H2,23,24,25,28,30)/t11-,14-/m1/s1. The molecule has 1 aromatic heterocycles. The third kappa shape index (κ3) is 4.18. The molecule has 0 radical (unpaired) electrons. The Hall–Kier alpha value is -3.76. The molecule has 1 aromatic carbocycles. The number of carbonyl (C=O) groups excluding carboxylic acids is 2. The van der Waals surface area contributed by atoms with Gasteiger partial charge in [-0.15, -0.1) is 0 Å². The van der Waals surface area contributed by atoms with Crippen molar-refractivity contribution in [3.8, 4) is 0 Å².